The van der Waals surface area contributed by atoms with Crippen molar-refractivity contribution >= 4 is 5.91 Å². The van der Waals surface area contributed by atoms with Gasteiger partial charge in [-0.1, -0.05) is 24.6 Å². The fourth-order valence-corrected chi connectivity index (χ4v) is 4.51. The summed E-state index contributed by atoms with van der Waals surface area (Å²) < 4.78 is 7.68. The van der Waals surface area contributed by atoms with E-state index in [0.29, 0.717) is 5.92 Å². The highest BCUT2D eigenvalue weighted by Crippen LogP contribution is 2.26. The van der Waals surface area contributed by atoms with Gasteiger partial charge in [-0.25, -0.2) is 0 Å². The first-order valence-electron chi connectivity index (χ1n) is 10.4. The molecule has 1 saturated heterocycles. The molecular formula is C22H30N4O2. The Morgan fingerprint density at radius 3 is 3.00 bits per heavy atom. The van der Waals surface area contributed by atoms with Crippen LogP contribution in [0.3, 0.4) is 0 Å². The van der Waals surface area contributed by atoms with Crippen molar-refractivity contribution in [2.24, 2.45) is 13.0 Å². The van der Waals surface area contributed by atoms with Crippen LogP contribution in [0.2, 0.25) is 0 Å². The number of carbonyl (C=O) groups is 1. The van der Waals surface area contributed by atoms with Gasteiger partial charge in [0.1, 0.15) is 5.75 Å². The van der Waals surface area contributed by atoms with Gasteiger partial charge in [0, 0.05) is 44.5 Å². The van der Waals surface area contributed by atoms with E-state index in [1.54, 1.807) is 0 Å². The lowest BCUT2D eigenvalue weighted by Crippen LogP contribution is -2.51. The van der Waals surface area contributed by atoms with Gasteiger partial charge in [-0.05, 0) is 43.2 Å². The van der Waals surface area contributed by atoms with Gasteiger partial charge in [-0.15, -0.1) is 0 Å². The predicted molar refractivity (Wildman–Crippen MR) is 108 cm³/mol. The van der Waals surface area contributed by atoms with Crippen LogP contribution in [0.1, 0.15) is 36.8 Å². The topological polar surface area (TPSA) is 59.4 Å². The molecule has 1 N–H and O–H groups in total. The number of likely N-dealkylation sites (tertiary alicyclic amines) is 1. The molecule has 2 aliphatic rings. The molecule has 0 bridgehead atoms. The second-order valence-corrected chi connectivity index (χ2v) is 8.12. The summed E-state index contributed by atoms with van der Waals surface area (Å²) >= 11 is 0. The molecule has 0 spiro atoms. The molecule has 1 fully saturated rings. The molecule has 6 nitrogen and oxygen atoms in total. The number of fused-ring (bicyclic) bond motifs is 2. The summed E-state index contributed by atoms with van der Waals surface area (Å²) in [5, 5.41) is 7.53. The van der Waals surface area contributed by atoms with E-state index >= 15 is 0 Å². The summed E-state index contributed by atoms with van der Waals surface area (Å²) in [7, 11) is 1.96. The average molecular weight is 383 g/mol. The van der Waals surface area contributed by atoms with E-state index in [2.05, 4.69) is 27.6 Å². The van der Waals surface area contributed by atoms with Crippen molar-refractivity contribution in [1.82, 2.24) is 20.0 Å². The standard InChI is InChI=1S/C22H30N4O2/c1-25-13-17(12-23-25)14-26-11-10-20-19(15-26)8-3-2-6-18-7-4-5-9-21(18)28-16-22(27)24-20/h4-5,7,9,12-13,19-20H,2-3,6,8,10-11,14-16H2,1H3,(H,24,27)/t19-,20+/m0/s1. The lowest BCUT2D eigenvalue weighted by molar-refractivity contribution is -0.124. The van der Waals surface area contributed by atoms with Crippen LogP contribution in [0.15, 0.2) is 36.7 Å². The third-order valence-corrected chi connectivity index (χ3v) is 5.93. The van der Waals surface area contributed by atoms with E-state index in [1.165, 1.54) is 17.5 Å². The molecule has 4 rings (SSSR count). The zero-order valence-corrected chi connectivity index (χ0v) is 16.6. The van der Waals surface area contributed by atoms with Crippen molar-refractivity contribution < 1.29 is 9.53 Å². The van der Waals surface area contributed by atoms with Gasteiger partial charge < -0.3 is 10.1 Å². The van der Waals surface area contributed by atoms with E-state index < -0.39 is 0 Å². The molecule has 6 heteroatoms. The lowest BCUT2D eigenvalue weighted by atomic mass is 9.87. The Morgan fingerprint density at radius 2 is 2.14 bits per heavy atom. The highest BCUT2D eigenvalue weighted by Gasteiger charge is 2.30. The van der Waals surface area contributed by atoms with Crippen molar-refractivity contribution in [1.29, 1.82) is 0 Å². The number of nitrogens with zero attached hydrogens (tertiary/aromatic N) is 3. The smallest absolute Gasteiger partial charge is 0.258 e. The van der Waals surface area contributed by atoms with Crippen molar-refractivity contribution in [3.8, 4) is 5.75 Å². The monoisotopic (exact) mass is 382 g/mol. The number of piperidine rings is 1. The largest absolute Gasteiger partial charge is 0.483 e. The van der Waals surface area contributed by atoms with Gasteiger partial charge in [-0.3, -0.25) is 14.4 Å². The maximum absolute atomic E-state index is 12.5. The van der Waals surface area contributed by atoms with Crippen LogP contribution in [-0.2, 0) is 24.8 Å². The minimum absolute atomic E-state index is 0.00825. The third kappa shape index (κ3) is 4.73. The minimum Gasteiger partial charge on any atom is -0.483 e. The van der Waals surface area contributed by atoms with Crippen molar-refractivity contribution in [3.05, 3.63) is 47.8 Å². The number of hydrogen-bond donors (Lipinski definition) is 1. The number of carbonyl (C=O) groups excluding carboxylic acids is 1. The number of ether oxygens (including phenoxy) is 1. The van der Waals surface area contributed by atoms with Crippen LogP contribution in [0.4, 0.5) is 0 Å². The molecule has 0 unspecified atom stereocenters. The number of aryl methyl sites for hydroxylation is 2. The van der Waals surface area contributed by atoms with Crippen molar-refractivity contribution in [2.75, 3.05) is 19.7 Å². The fraction of sp³-hybridized carbons (Fsp3) is 0.545. The Balaban J connectivity index is 1.41. The highest BCUT2D eigenvalue weighted by atomic mass is 16.5. The molecule has 1 amide bonds. The molecule has 2 atom stereocenters. The second kappa shape index (κ2) is 8.78. The Kier molecular flexibility index (Phi) is 5.95. The van der Waals surface area contributed by atoms with Crippen LogP contribution in [0, 0.1) is 5.92 Å². The van der Waals surface area contributed by atoms with Crippen LogP contribution in [-0.4, -0.2) is 46.3 Å². The van der Waals surface area contributed by atoms with Gasteiger partial charge in [0.15, 0.2) is 6.61 Å². The molecule has 28 heavy (non-hydrogen) atoms. The molecule has 0 saturated carbocycles. The van der Waals surface area contributed by atoms with E-state index in [0.717, 1.165) is 51.1 Å². The Labute approximate surface area is 166 Å². The molecule has 2 aromatic rings. The summed E-state index contributed by atoms with van der Waals surface area (Å²) in [5.41, 5.74) is 2.46. The number of rotatable bonds is 2. The molecule has 1 aromatic carbocycles. The van der Waals surface area contributed by atoms with E-state index in [4.69, 9.17) is 4.74 Å². The number of benzene rings is 1. The second-order valence-electron chi connectivity index (χ2n) is 8.12. The molecule has 3 heterocycles. The number of para-hydroxylation sites is 1. The van der Waals surface area contributed by atoms with Crippen LogP contribution >= 0.6 is 0 Å². The lowest BCUT2D eigenvalue weighted by Gasteiger charge is -2.39. The highest BCUT2D eigenvalue weighted by molar-refractivity contribution is 5.78. The Hall–Kier alpha value is -2.34. The maximum atomic E-state index is 12.5. The molecule has 0 radical (unpaired) electrons. The molecule has 150 valence electrons. The minimum atomic E-state index is -0.00825. The van der Waals surface area contributed by atoms with Gasteiger partial charge in [0.2, 0.25) is 0 Å². The zero-order valence-electron chi connectivity index (χ0n) is 16.6. The van der Waals surface area contributed by atoms with Crippen molar-refractivity contribution in [2.45, 2.75) is 44.7 Å². The number of hydrogen-bond acceptors (Lipinski definition) is 4. The molecule has 2 aliphatic heterocycles. The Morgan fingerprint density at radius 1 is 1.25 bits per heavy atom. The summed E-state index contributed by atoms with van der Waals surface area (Å²) in [4.78, 5) is 15.0. The van der Waals surface area contributed by atoms with E-state index in [-0.39, 0.29) is 18.6 Å². The number of aromatic nitrogens is 2. The van der Waals surface area contributed by atoms with Crippen molar-refractivity contribution in [3.63, 3.8) is 0 Å². The zero-order chi connectivity index (χ0) is 19.3. The normalized spacial score (nSPS) is 24.1. The first-order chi connectivity index (χ1) is 13.7. The molecular weight excluding hydrogens is 352 g/mol. The van der Waals surface area contributed by atoms with Gasteiger partial charge >= 0.3 is 0 Å². The summed E-state index contributed by atoms with van der Waals surface area (Å²) in [6, 6.07) is 8.33. The predicted octanol–water partition coefficient (Wildman–Crippen LogP) is 2.53. The van der Waals surface area contributed by atoms with Gasteiger partial charge in [-0.2, -0.15) is 5.10 Å². The Bertz CT molecular complexity index is 803. The number of amides is 1. The summed E-state index contributed by atoms with van der Waals surface area (Å²) in [6.07, 6.45) is 9.51. The molecule has 1 aromatic heterocycles. The van der Waals surface area contributed by atoms with E-state index in [1.807, 2.05) is 36.1 Å². The molecule has 0 aliphatic carbocycles. The first-order valence-corrected chi connectivity index (χ1v) is 10.4. The summed E-state index contributed by atoms with van der Waals surface area (Å²) in [5.74, 6) is 1.33. The van der Waals surface area contributed by atoms with Crippen LogP contribution in [0.25, 0.3) is 0 Å². The number of nitrogens with one attached hydrogen (secondary N) is 1. The SMILES string of the molecule is Cn1cc(CN2CC[C@H]3NC(=O)COc4ccccc4CCCC[C@H]3C2)cn1. The maximum Gasteiger partial charge on any atom is 0.258 e. The summed E-state index contributed by atoms with van der Waals surface area (Å²) in [6.45, 7) is 3.05. The van der Waals surface area contributed by atoms with Crippen LogP contribution < -0.4 is 10.1 Å². The van der Waals surface area contributed by atoms with Gasteiger partial charge in [0.25, 0.3) is 5.91 Å². The third-order valence-electron chi connectivity index (χ3n) is 5.93. The fourth-order valence-electron chi connectivity index (χ4n) is 4.51. The van der Waals surface area contributed by atoms with Gasteiger partial charge in [0.05, 0.1) is 6.20 Å². The van der Waals surface area contributed by atoms with E-state index in [9.17, 15) is 4.79 Å². The average Bonchev–Trinajstić information content (AvgIpc) is 3.10. The first kappa shape index (κ1) is 19.0. The quantitative estimate of drug-likeness (QED) is 0.867. The van der Waals surface area contributed by atoms with Crippen LogP contribution in [0.5, 0.6) is 5.75 Å².